The van der Waals surface area contributed by atoms with Crippen LogP contribution in [0, 0.1) is 5.82 Å². The van der Waals surface area contributed by atoms with Crippen molar-refractivity contribution in [3.8, 4) is 22.6 Å². The van der Waals surface area contributed by atoms with Gasteiger partial charge in [0.05, 0.1) is 13.5 Å². The van der Waals surface area contributed by atoms with Crippen molar-refractivity contribution in [2.45, 2.75) is 63.9 Å². The lowest BCUT2D eigenvalue weighted by atomic mass is 9.90. The van der Waals surface area contributed by atoms with Crippen molar-refractivity contribution < 1.29 is 23.8 Å². The standard InChI is InChI=1S/C32H33FO4/c1-36-25-13-15-31(33)30(18-25)27-14-8-21(16-29(27)22-6-4-2-3-5-7-22)20-37-26-12-11-23-9-10-24(17-32(34)35)28(23)19-26/h6,8,11-16,18-19,24H,2-5,7,9-10,17,20H2,1H3,(H,34,35)/t24-/m1/s1. The van der Waals surface area contributed by atoms with Gasteiger partial charge in [0.25, 0.3) is 0 Å². The Hall–Kier alpha value is -3.60. The molecule has 3 aromatic carbocycles. The first-order chi connectivity index (χ1) is 18.0. The third kappa shape index (κ3) is 5.71. The highest BCUT2D eigenvalue weighted by atomic mass is 19.1. The van der Waals surface area contributed by atoms with Crippen LogP contribution in [0.2, 0.25) is 0 Å². The van der Waals surface area contributed by atoms with Gasteiger partial charge in [0.15, 0.2) is 0 Å². The lowest BCUT2D eigenvalue weighted by Crippen LogP contribution is -2.04. The quantitative estimate of drug-likeness (QED) is 0.341. The number of carboxylic acids is 1. The van der Waals surface area contributed by atoms with Gasteiger partial charge in [-0.05, 0) is 114 Å². The van der Waals surface area contributed by atoms with Gasteiger partial charge in [-0.1, -0.05) is 30.7 Å². The van der Waals surface area contributed by atoms with E-state index in [1.807, 2.05) is 24.3 Å². The molecular formula is C32H33FO4. The number of allylic oxidation sites excluding steroid dienone is 2. The summed E-state index contributed by atoms with van der Waals surface area (Å²) in [5.74, 6) is 0.380. The first-order valence-corrected chi connectivity index (χ1v) is 13.2. The molecule has 0 saturated carbocycles. The van der Waals surface area contributed by atoms with E-state index < -0.39 is 5.97 Å². The summed E-state index contributed by atoms with van der Waals surface area (Å²) in [5, 5.41) is 9.26. The second-order valence-corrected chi connectivity index (χ2v) is 10.0. The van der Waals surface area contributed by atoms with Gasteiger partial charge in [0.1, 0.15) is 23.9 Å². The topological polar surface area (TPSA) is 55.8 Å². The smallest absolute Gasteiger partial charge is 0.303 e. The summed E-state index contributed by atoms with van der Waals surface area (Å²) in [7, 11) is 1.59. The van der Waals surface area contributed by atoms with Gasteiger partial charge in [-0.25, -0.2) is 4.39 Å². The number of halogens is 1. The number of methoxy groups -OCH3 is 1. The minimum atomic E-state index is -0.767. The van der Waals surface area contributed by atoms with E-state index in [0.717, 1.165) is 60.1 Å². The van der Waals surface area contributed by atoms with Crippen molar-refractivity contribution >= 4 is 11.5 Å². The highest BCUT2D eigenvalue weighted by Gasteiger charge is 2.25. The lowest BCUT2D eigenvalue weighted by molar-refractivity contribution is -0.137. The molecule has 0 unspecified atom stereocenters. The van der Waals surface area contributed by atoms with Gasteiger partial charge < -0.3 is 14.6 Å². The Bertz CT molecular complexity index is 1330. The Morgan fingerprint density at radius 1 is 0.946 bits per heavy atom. The van der Waals surface area contributed by atoms with Crippen molar-refractivity contribution in [1.82, 2.24) is 0 Å². The van der Waals surface area contributed by atoms with Crippen molar-refractivity contribution in [2.24, 2.45) is 0 Å². The molecule has 192 valence electrons. The van der Waals surface area contributed by atoms with Crippen LogP contribution in [0.15, 0.2) is 60.7 Å². The summed E-state index contributed by atoms with van der Waals surface area (Å²) in [5.41, 5.74) is 7.02. The van der Waals surface area contributed by atoms with Crippen LogP contribution in [0.5, 0.6) is 11.5 Å². The second kappa shape index (κ2) is 11.2. The number of benzene rings is 3. The van der Waals surface area contributed by atoms with Crippen LogP contribution in [0.3, 0.4) is 0 Å². The molecule has 37 heavy (non-hydrogen) atoms. The molecule has 5 rings (SSSR count). The van der Waals surface area contributed by atoms with Crippen LogP contribution in [0.4, 0.5) is 4.39 Å². The van der Waals surface area contributed by atoms with E-state index in [9.17, 15) is 14.3 Å². The maximum absolute atomic E-state index is 15.0. The molecule has 0 radical (unpaired) electrons. The van der Waals surface area contributed by atoms with Crippen molar-refractivity contribution in [2.75, 3.05) is 7.11 Å². The second-order valence-electron chi connectivity index (χ2n) is 10.0. The average Bonchev–Trinajstić information content (AvgIpc) is 3.10. The lowest BCUT2D eigenvalue weighted by Gasteiger charge is -2.17. The first-order valence-electron chi connectivity index (χ1n) is 13.2. The summed E-state index contributed by atoms with van der Waals surface area (Å²) >= 11 is 0. The first kappa shape index (κ1) is 25.1. The fourth-order valence-electron chi connectivity index (χ4n) is 5.62. The summed E-state index contributed by atoms with van der Waals surface area (Å²) < 4.78 is 26.5. The summed E-state index contributed by atoms with van der Waals surface area (Å²) in [4.78, 5) is 11.3. The van der Waals surface area contributed by atoms with E-state index in [0.29, 0.717) is 17.9 Å². The SMILES string of the molecule is COc1ccc(F)c(-c2ccc(COc3ccc4c(c3)[C@@H](CC(=O)O)CC4)cc2C2=CCCCCC2)c1. The Balaban J connectivity index is 1.44. The van der Waals surface area contributed by atoms with Gasteiger partial charge in [-0.3, -0.25) is 4.79 Å². The Morgan fingerprint density at radius 3 is 2.65 bits per heavy atom. The van der Waals surface area contributed by atoms with Gasteiger partial charge in [0, 0.05) is 5.56 Å². The number of ether oxygens (including phenoxy) is 2. The summed E-state index contributed by atoms with van der Waals surface area (Å²) in [6.45, 7) is 0.379. The van der Waals surface area contributed by atoms with Crippen LogP contribution < -0.4 is 9.47 Å². The maximum atomic E-state index is 15.0. The molecular weight excluding hydrogens is 467 g/mol. The zero-order valence-corrected chi connectivity index (χ0v) is 21.3. The minimum Gasteiger partial charge on any atom is -0.497 e. The molecule has 0 bridgehead atoms. The highest BCUT2D eigenvalue weighted by molar-refractivity contribution is 5.82. The normalized spacial score (nSPS) is 17.0. The fraction of sp³-hybridized carbons (Fsp3) is 0.344. The largest absolute Gasteiger partial charge is 0.497 e. The molecule has 0 aliphatic heterocycles. The van der Waals surface area contributed by atoms with Crippen LogP contribution in [-0.4, -0.2) is 18.2 Å². The summed E-state index contributed by atoms with van der Waals surface area (Å²) in [6.07, 6.45) is 9.74. The number of fused-ring (bicyclic) bond motifs is 1. The number of aryl methyl sites for hydroxylation is 1. The van der Waals surface area contributed by atoms with Crippen LogP contribution >= 0.6 is 0 Å². The number of carboxylic acid groups (broad SMARTS) is 1. The molecule has 0 amide bonds. The van der Waals surface area contributed by atoms with Crippen LogP contribution in [-0.2, 0) is 17.8 Å². The van der Waals surface area contributed by atoms with E-state index in [1.54, 1.807) is 19.2 Å². The molecule has 4 nitrogen and oxygen atoms in total. The highest BCUT2D eigenvalue weighted by Crippen LogP contribution is 2.39. The number of aliphatic carboxylic acids is 1. The van der Waals surface area contributed by atoms with E-state index in [1.165, 1.54) is 30.0 Å². The number of hydrogen-bond acceptors (Lipinski definition) is 3. The maximum Gasteiger partial charge on any atom is 0.303 e. The molecule has 0 aromatic heterocycles. The van der Waals surface area contributed by atoms with E-state index >= 15 is 0 Å². The number of rotatable bonds is 8. The van der Waals surface area contributed by atoms with Gasteiger partial charge in [0.2, 0.25) is 0 Å². The van der Waals surface area contributed by atoms with Crippen molar-refractivity contribution in [3.63, 3.8) is 0 Å². The monoisotopic (exact) mass is 500 g/mol. The molecule has 3 aromatic rings. The van der Waals surface area contributed by atoms with E-state index in [2.05, 4.69) is 18.2 Å². The minimum absolute atomic E-state index is 0.0434. The van der Waals surface area contributed by atoms with Crippen LogP contribution in [0.1, 0.15) is 73.1 Å². The molecule has 1 atom stereocenters. The molecule has 0 spiro atoms. The molecule has 2 aliphatic rings. The Kier molecular flexibility index (Phi) is 7.59. The predicted octanol–water partition coefficient (Wildman–Crippen LogP) is 7.93. The molecule has 1 N–H and O–H groups in total. The van der Waals surface area contributed by atoms with Crippen LogP contribution in [0.25, 0.3) is 16.7 Å². The van der Waals surface area contributed by atoms with Crippen molar-refractivity contribution in [1.29, 1.82) is 0 Å². The zero-order valence-electron chi connectivity index (χ0n) is 21.3. The van der Waals surface area contributed by atoms with E-state index in [4.69, 9.17) is 9.47 Å². The summed E-state index contributed by atoms with van der Waals surface area (Å²) in [6, 6.07) is 17.0. The predicted molar refractivity (Wildman–Crippen MR) is 144 cm³/mol. The Morgan fingerprint density at radius 2 is 1.81 bits per heavy atom. The van der Waals surface area contributed by atoms with Gasteiger partial charge in [-0.2, -0.15) is 0 Å². The van der Waals surface area contributed by atoms with Gasteiger partial charge in [-0.15, -0.1) is 0 Å². The fourth-order valence-corrected chi connectivity index (χ4v) is 5.62. The van der Waals surface area contributed by atoms with Gasteiger partial charge >= 0.3 is 5.97 Å². The third-order valence-electron chi connectivity index (χ3n) is 7.58. The molecule has 2 aliphatic carbocycles. The molecule has 5 heteroatoms. The Labute approximate surface area is 217 Å². The van der Waals surface area contributed by atoms with E-state index in [-0.39, 0.29) is 18.2 Å². The molecule has 0 saturated heterocycles. The average molecular weight is 501 g/mol. The van der Waals surface area contributed by atoms with Crippen molar-refractivity contribution in [3.05, 3.63) is 88.7 Å². The number of carbonyl (C=O) groups is 1. The molecule has 0 heterocycles. The zero-order chi connectivity index (χ0) is 25.8. The molecule has 0 fully saturated rings. The third-order valence-corrected chi connectivity index (χ3v) is 7.58. The number of hydrogen-bond donors (Lipinski definition) is 1.